The van der Waals surface area contributed by atoms with Crippen molar-refractivity contribution in [2.24, 2.45) is 0 Å². The molecule has 2 aromatic rings. The lowest BCUT2D eigenvalue weighted by molar-refractivity contribution is -0.114. The standard InChI is InChI=1S/C21H27N5O2/c1-3-23-21(28)25-18-12-13-19(24-14-18)17-10-8-16(9-11-17)6-5-7-20(22)26(4-2)15-27/h8-15,22H,3-7H2,1-2H3,(H2,23,25,28). The highest BCUT2D eigenvalue weighted by Crippen LogP contribution is 2.20. The molecule has 7 nitrogen and oxygen atoms in total. The van der Waals surface area contributed by atoms with Crippen LogP contribution in [-0.4, -0.2) is 41.3 Å². The van der Waals surface area contributed by atoms with E-state index in [1.807, 2.05) is 38.1 Å². The second kappa shape index (κ2) is 10.8. The van der Waals surface area contributed by atoms with Crippen LogP contribution >= 0.6 is 0 Å². The van der Waals surface area contributed by atoms with Gasteiger partial charge in [0.15, 0.2) is 0 Å². The van der Waals surface area contributed by atoms with Gasteiger partial charge in [-0.05, 0) is 44.4 Å². The van der Waals surface area contributed by atoms with Gasteiger partial charge in [-0.25, -0.2) is 4.79 Å². The monoisotopic (exact) mass is 381 g/mol. The number of aromatic nitrogens is 1. The molecule has 0 saturated heterocycles. The number of carbonyl (C=O) groups excluding carboxylic acids is 2. The fourth-order valence-corrected chi connectivity index (χ4v) is 2.75. The number of benzene rings is 1. The maximum absolute atomic E-state index is 11.5. The average Bonchev–Trinajstić information content (AvgIpc) is 2.70. The Morgan fingerprint density at radius 3 is 2.50 bits per heavy atom. The van der Waals surface area contributed by atoms with Crippen LogP contribution in [0.5, 0.6) is 0 Å². The summed E-state index contributed by atoms with van der Waals surface area (Å²) in [6.45, 7) is 4.82. The predicted octanol–water partition coefficient (Wildman–Crippen LogP) is 3.67. The number of amidine groups is 1. The fraction of sp³-hybridized carbons (Fsp3) is 0.333. The molecular weight excluding hydrogens is 354 g/mol. The van der Waals surface area contributed by atoms with Crippen molar-refractivity contribution in [1.82, 2.24) is 15.2 Å². The number of rotatable bonds is 9. The Balaban J connectivity index is 1.89. The van der Waals surface area contributed by atoms with E-state index in [1.165, 1.54) is 10.5 Å². The van der Waals surface area contributed by atoms with Crippen LogP contribution in [-0.2, 0) is 11.2 Å². The lowest BCUT2D eigenvalue weighted by Gasteiger charge is -2.15. The first-order valence-electron chi connectivity index (χ1n) is 9.47. The Kier molecular flexibility index (Phi) is 8.14. The summed E-state index contributed by atoms with van der Waals surface area (Å²) in [5, 5.41) is 13.3. The fourth-order valence-electron chi connectivity index (χ4n) is 2.75. The van der Waals surface area contributed by atoms with Crippen LogP contribution in [0.4, 0.5) is 10.5 Å². The van der Waals surface area contributed by atoms with E-state index in [0.717, 1.165) is 24.1 Å². The minimum absolute atomic E-state index is 0.246. The molecule has 0 aliphatic rings. The van der Waals surface area contributed by atoms with Crippen LogP contribution < -0.4 is 10.6 Å². The predicted molar refractivity (Wildman–Crippen MR) is 111 cm³/mol. The minimum atomic E-state index is -0.246. The number of amides is 3. The number of nitrogens with one attached hydrogen (secondary N) is 3. The molecule has 0 saturated carbocycles. The van der Waals surface area contributed by atoms with Crippen LogP contribution in [0, 0.1) is 5.41 Å². The Hall–Kier alpha value is -3.22. The molecule has 3 amide bonds. The quantitative estimate of drug-likeness (QED) is 0.351. The van der Waals surface area contributed by atoms with E-state index in [-0.39, 0.29) is 6.03 Å². The van der Waals surface area contributed by atoms with E-state index >= 15 is 0 Å². The molecule has 1 aromatic carbocycles. The number of hydrogen-bond acceptors (Lipinski definition) is 4. The highest BCUT2D eigenvalue weighted by Gasteiger charge is 2.06. The van der Waals surface area contributed by atoms with Crippen LogP contribution in [0.2, 0.25) is 0 Å². The first-order valence-corrected chi connectivity index (χ1v) is 9.47. The summed E-state index contributed by atoms with van der Waals surface area (Å²) in [4.78, 5) is 28.2. The molecule has 7 heteroatoms. The van der Waals surface area contributed by atoms with Gasteiger partial charge in [0.25, 0.3) is 0 Å². The smallest absolute Gasteiger partial charge is 0.319 e. The van der Waals surface area contributed by atoms with E-state index in [1.54, 1.807) is 6.20 Å². The molecule has 28 heavy (non-hydrogen) atoms. The maximum atomic E-state index is 11.5. The number of nitrogens with zero attached hydrogens (tertiary/aromatic N) is 2. The van der Waals surface area contributed by atoms with Crippen LogP contribution in [0.15, 0.2) is 42.6 Å². The van der Waals surface area contributed by atoms with Gasteiger partial charge in [0.05, 0.1) is 17.6 Å². The van der Waals surface area contributed by atoms with E-state index in [4.69, 9.17) is 5.41 Å². The lowest BCUT2D eigenvalue weighted by Crippen LogP contribution is -2.28. The molecule has 0 bridgehead atoms. The van der Waals surface area contributed by atoms with Gasteiger partial charge in [-0.2, -0.15) is 0 Å². The third-order valence-electron chi connectivity index (χ3n) is 4.30. The highest BCUT2D eigenvalue weighted by atomic mass is 16.2. The minimum Gasteiger partial charge on any atom is -0.338 e. The number of carbonyl (C=O) groups is 2. The molecule has 0 spiro atoms. The summed E-state index contributed by atoms with van der Waals surface area (Å²) in [6, 6.07) is 11.6. The number of pyridine rings is 1. The van der Waals surface area contributed by atoms with Gasteiger partial charge in [0.2, 0.25) is 6.41 Å². The lowest BCUT2D eigenvalue weighted by atomic mass is 10.0. The SMILES string of the molecule is CCNC(=O)Nc1ccc(-c2ccc(CCCC(=N)N(C=O)CC)cc2)nc1. The van der Waals surface area contributed by atoms with Crippen molar-refractivity contribution < 1.29 is 9.59 Å². The Morgan fingerprint density at radius 2 is 1.93 bits per heavy atom. The van der Waals surface area contributed by atoms with E-state index in [9.17, 15) is 9.59 Å². The zero-order chi connectivity index (χ0) is 20.4. The molecule has 0 fully saturated rings. The van der Waals surface area contributed by atoms with Crippen molar-refractivity contribution in [2.75, 3.05) is 18.4 Å². The van der Waals surface area contributed by atoms with Crippen molar-refractivity contribution in [3.8, 4) is 11.3 Å². The molecular formula is C21H27N5O2. The summed E-state index contributed by atoms with van der Waals surface area (Å²) in [7, 11) is 0. The first-order chi connectivity index (χ1) is 13.6. The molecule has 148 valence electrons. The van der Waals surface area contributed by atoms with Crippen molar-refractivity contribution in [2.45, 2.75) is 33.1 Å². The summed E-state index contributed by atoms with van der Waals surface area (Å²) in [5.41, 5.74) is 3.66. The van der Waals surface area contributed by atoms with Crippen LogP contribution in [0.3, 0.4) is 0 Å². The molecule has 0 atom stereocenters. The number of anilines is 1. The molecule has 3 N–H and O–H groups in total. The Morgan fingerprint density at radius 1 is 1.18 bits per heavy atom. The number of aryl methyl sites for hydroxylation is 1. The third kappa shape index (κ3) is 6.19. The van der Waals surface area contributed by atoms with Gasteiger partial charge in [-0.15, -0.1) is 0 Å². The normalized spacial score (nSPS) is 10.2. The number of urea groups is 1. The van der Waals surface area contributed by atoms with E-state index < -0.39 is 0 Å². The second-order valence-corrected chi connectivity index (χ2v) is 6.31. The molecule has 0 aliphatic carbocycles. The van der Waals surface area contributed by atoms with Crippen LogP contribution in [0.25, 0.3) is 11.3 Å². The molecule has 0 unspecified atom stereocenters. The molecule has 0 aliphatic heterocycles. The first kappa shape index (κ1) is 21.1. The van der Waals surface area contributed by atoms with Gasteiger partial charge in [-0.1, -0.05) is 24.3 Å². The van der Waals surface area contributed by atoms with Crippen molar-refractivity contribution in [3.63, 3.8) is 0 Å². The zero-order valence-corrected chi connectivity index (χ0v) is 16.4. The largest absolute Gasteiger partial charge is 0.338 e. The molecule has 1 heterocycles. The summed E-state index contributed by atoms with van der Waals surface area (Å²) < 4.78 is 0. The zero-order valence-electron chi connectivity index (χ0n) is 16.4. The van der Waals surface area contributed by atoms with Gasteiger partial charge in [0.1, 0.15) is 5.84 Å². The van der Waals surface area contributed by atoms with E-state index in [2.05, 4.69) is 27.8 Å². The Bertz CT molecular complexity index is 787. The van der Waals surface area contributed by atoms with Gasteiger partial charge in [-0.3, -0.25) is 15.2 Å². The molecule has 0 radical (unpaired) electrons. The Labute approximate surface area is 165 Å². The second-order valence-electron chi connectivity index (χ2n) is 6.31. The van der Waals surface area contributed by atoms with Crippen molar-refractivity contribution >= 4 is 24.0 Å². The van der Waals surface area contributed by atoms with Crippen molar-refractivity contribution in [3.05, 3.63) is 48.2 Å². The van der Waals surface area contributed by atoms with Crippen molar-refractivity contribution in [1.29, 1.82) is 5.41 Å². The maximum Gasteiger partial charge on any atom is 0.319 e. The van der Waals surface area contributed by atoms with Crippen LogP contribution in [0.1, 0.15) is 32.3 Å². The van der Waals surface area contributed by atoms with Gasteiger partial charge >= 0.3 is 6.03 Å². The number of hydrogen-bond donors (Lipinski definition) is 3. The third-order valence-corrected chi connectivity index (χ3v) is 4.30. The van der Waals surface area contributed by atoms with Gasteiger partial charge < -0.3 is 15.5 Å². The average molecular weight is 381 g/mol. The summed E-state index contributed by atoms with van der Waals surface area (Å²) in [5.74, 6) is 0.361. The molecule has 2 rings (SSSR count). The summed E-state index contributed by atoms with van der Waals surface area (Å²) >= 11 is 0. The van der Waals surface area contributed by atoms with E-state index in [0.29, 0.717) is 37.4 Å². The van der Waals surface area contributed by atoms with Gasteiger partial charge in [0, 0.05) is 25.1 Å². The summed E-state index contributed by atoms with van der Waals surface area (Å²) in [6.07, 6.45) is 4.59. The molecule has 1 aromatic heterocycles. The highest BCUT2D eigenvalue weighted by molar-refractivity contribution is 5.89. The topological polar surface area (TPSA) is 98.2 Å².